The van der Waals surface area contributed by atoms with Crippen LogP contribution in [0.4, 0.5) is 0 Å². The Morgan fingerprint density at radius 3 is 2.64 bits per heavy atom. The molecule has 1 aromatic heterocycles. The Bertz CT molecular complexity index is 778. The van der Waals surface area contributed by atoms with E-state index in [0.29, 0.717) is 5.56 Å². The predicted octanol–water partition coefficient (Wildman–Crippen LogP) is 4.22. The molecule has 110 valence electrons. The van der Waals surface area contributed by atoms with Gasteiger partial charge in [0.05, 0.1) is 17.8 Å². The molecule has 0 bridgehead atoms. The first-order chi connectivity index (χ1) is 10.8. The van der Waals surface area contributed by atoms with Crippen LogP contribution in [-0.4, -0.2) is 18.4 Å². The number of aldehydes is 1. The summed E-state index contributed by atoms with van der Waals surface area (Å²) in [4.78, 5) is 15.4. The molecule has 0 aliphatic rings. The fourth-order valence-electron chi connectivity index (χ4n) is 2.26. The van der Waals surface area contributed by atoms with Crippen molar-refractivity contribution in [2.75, 3.05) is 7.11 Å². The van der Waals surface area contributed by atoms with Gasteiger partial charge in [-0.3, -0.25) is 4.79 Å². The highest BCUT2D eigenvalue weighted by atomic mass is 32.1. The molecule has 0 saturated carbocycles. The molecule has 0 N–H and O–H groups in total. The van der Waals surface area contributed by atoms with Gasteiger partial charge in [0.2, 0.25) is 0 Å². The minimum Gasteiger partial charge on any atom is -0.496 e. The predicted molar refractivity (Wildman–Crippen MR) is 88.7 cm³/mol. The van der Waals surface area contributed by atoms with Crippen LogP contribution in [0.1, 0.15) is 20.9 Å². The topological polar surface area (TPSA) is 39.2 Å². The lowest BCUT2D eigenvalue weighted by Crippen LogP contribution is -1.90. The van der Waals surface area contributed by atoms with Gasteiger partial charge in [-0.1, -0.05) is 36.4 Å². The Balaban J connectivity index is 1.82. The normalized spacial score (nSPS) is 10.4. The molecule has 3 nitrogen and oxygen atoms in total. The van der Waals surface area contributed by atoms with E-state index in [1.54, 1.807) is 18.4 Å². The minimum absolute atomic E-state index is 0.692. The van der Waals surface area contributed by atoms with E-state index in [2.05, 4.69) is 0 Å². The molecule has 0 unspecified atom stereocenters. The molecule has 0 aliphatic heterocycles. The van der Waals surface area contributed by atoms with Gasteiger partial charge in [-0.05, 0) is 17.7 Å². The number of aromatic nitrogens is 1. The first-order valence-corrected chi connectivity index (χ1v) is 7.80. The van der Waals surface area contributed by atoms with Crippen molar-refractivity contribution in [1.82, 2.24) is 4.98 Å². The minimum atomic E-state index is 0.692. The van der Waals surface area contributed by atoms with Gasteiger partial charge in [-0.2, -0.15) is 0 Å². The molecule has 0 amide bonds. The van der Waals surface area contributed by atoms with Crippen molar-refractivity contribution in [2.45, 2.75) is 6.42 Å². The van der Waals surface area contributed by atoms with E-state index in [-0.39, 0.29) is 0 Å². The van der Waals surface area contributed by atoms with Gasteiger partial charge in [0.1, 0.15) is 12.0 Å². The molecule has 3 rings (SSSR count). The zero-order valence-electron chi connectivity index (χ0n) is 12.2. The second kappa shape index (κ2) is 6.54. The van der Waals surface area contributed by atoms with E-state index in [9.17, 15) is 4.79 Å². The summed E-state index contributed by atoms with van der Waals surface area (Å²) in [6, 6.07) is 15.5. The van der Waals surface area contributed by atoms with Gasteiger partial charge in [-0.15, -0.1) is 11.3 Å². The van der Waals surface area contributed by atoms with E-state index in [0.717, 1.165) is 40.3 Å². The van der Waals surface area contributed by atoms with Crippen LogP contribution in [0.2, 0.25) is 0 Å². The molecule has 22 heavy (non-hydrogen) atoms. The Labute approximate surface area is 133 Å². The second-order valence-electron chi connectivity index (χ2n) is 4.86. The third kappa shape index (κ3) is 3.07. The highest BCUT2D eigenvalue weighted by Gasteiger charge is 2.09. The average Bonchev–Trinajstić information content (AvgIpc) is 3.04. The van der Waals surface area contributed by atoms with E-state index >= 15 is 0 Å². The summed E-state index contributed by atoms with van der Waals surface area (Å²) in [6.45, 7) is 0. The summed E-state index contributed by atoms with van der Waals surface area (Å²) in [5.41, 5.74) is 3.77. The first kappa shape index (κ1) is 14.5. The standard InChI is InChI=1S/C18H15NO2S/c1-21-17-5-3-2-4-15(17)16-12-22-18(19-16)10-13-6-8-14(11-20)9-7-13/h2-9,11-12H,10H2,1H3. The summed E-state index contributed by atoms with van der Waals surface area (Å²) < 4.78 is 5.38. The maximum absolute atomic E-state index is 10.7. The average molecular weight is 309 g/mol. The van der Waals surface area contributed by atoms with Crippen molar-refractivity contribution in [3.8, 4) is 17.0 Å². The molecular weight excluding hydrogens is 294 g/mol. The van der Waals surface area contributed by atoms with Gasteiger partial charge in [0.25, 0.3) is 0 Å². The number of thiazole rings is 1. The molecule has 0 fully saturated rings. The Morgan fingerprint density at radius 1 is 1.14 bits per heavy atom. The quantitative estimate of drug-likeness (QED) is 0.662. The molecule has 0 aliphatic carbocycles. The number of carbonyl (C=O) groups is 1. The third-order valence-corrected chi connectivity index (χ3v) is 4.25. The zero-order valence-corrected chi connectivity index (χ0v) is 13.0. The van der Waals surface area contributed by atoms with Crippen molar-refractivity contribution < 1.29 is 9.53 Å². The molecule has 0 atom stereocenters. The second-order valence-corrected chi connectivity index (χ2v) is 5.81. The Kier molecular flexibility index (Phi) is 4.30. The molecular formula is C18H15NO2S. The molecule has 0 spiro atoms. The van der Waals surface area contributed by atoms with Crippen LogP contribution in [0.5, 0.6) is 5.75 Å². The molecule has 0 saturated heterocycles. The van der Waals surface area contributed by atoms with Crippen LogP contribution in [0.3, 0.4) is 0 Å². The number of methoxy groups -OCH3 is 1. The maximum atomic E-state index is 10.7. The van der Waals surface area contributed by atoms with Crippen molar-refractivity contribution in [3.63, 3.8) is 0 Å². The van der Waals surface area contributed by atoms with Gasteiger partial charge in [0.15, 0.2) is 0 Å². The molecule has 0 radical (unpaired) electrons. The Hall–Kier alpha value is -2.46. The number of benzene rings is 2. The number of nitrogens with zero attached hydrogens (tertiary/aromatic N) is 1. The van der Waals surface area contributed by atoms with Gasteiger partial charge < -0.3 is 4.74 Å². The lowest BCUT2D eigenvalue weighted by atomic mass is 10.1. The molecule has 4 heteroatoms. The molecule has 3 aromatic rings. The maximum Gasteiger partial charge on any atom is 0.150 e. The van der Waals surface area contributed by atoms with Gasteiger partial charge in [-0.25, -0.2) is 4.98 Å². The lowest BCUT2D eigenvalue weighted by Gasteiger charge is -2.05. The summed E-state index contributed by atoms with van der Waals surface area (Å²) >= 11 is 1.63. The van der Waals surface area contributed by atoms with Crippen LogP contribution in [0.15, 0.2) is 53.9 Å². The van der Waals surface area contributed by atoms with Crippen LogP contribution in [-0.2, 0) is 6.42 Å². The van der Waals surface area contributed by atoms with E-state index in [1.165, 1.54) is 0 Å². The van der Waals surface area contributed by atoms with E-state index in [4.69, 9.17) is 9.72 Å². The van der Waals surface area contributed by atoms with E-state index in [1.807, 2.05) is 53.9 Å². The smallest absolute Gasteiger partial charge is 0.150 e. The van der Waals surface area contributed by atoms with Gasteiger partial charge in [0, 0.05) is 22.9 Å². The van der Waals surface area contributed by atoms with Crippen molar-refractivity contribution in [1.29, 1.82) is 0 Å². The number of rotatable bonds is 5. The highest BCUT2D eigenvalue weighted by Crippen LogP contribution is 2.30. The largest absolute Gasteiger partial charge is 0.496 e. The number of ether oxygens (including phenoxy) is 1. The third-order valence-electron chi connectivity index (χ3n) is 3.41. The van der Waals surface area contributed by atoms with Crippen LogP contribution >= 0.6 is 11.3 Å². The van der Waals surface area contributed by atoms with Crippen LogP contribution < -0.4 is 4.74 Å². The Morgan fingerprint density at radius 2 is 1.91 bits per heavy atom. The number of carbonyl (C=O) groups excluding carboxylic acids is 1. The molecule has 1 heterocycles. The summed E-state index contributed by atoms with van der Waals surface area (Å²) in [5, 5.41) is 3.09. The van der Waals surface area contributed by atoms with Crippen molar-refractivity contribution in [2.24, 2.45) is 0 Å². The van der Waals surface area contributed by atoms with Crippen molar-refractivity contribution >= 4 is 17.6 Å². The number of hydrogen-bond donors (Lipinski definition) is 0. The zero-order chi connectivity index (χ0) is 15.4. The highest BCUT2D eigenvalue weighted by molar-refractivity contribution is 7.10. The summed E-state index contributed by atoms with van der Waals surface area (Å²) in [5.74, 6) is 0.828. The fourth-order valence-corrected chi connectivity index (χ4v) is 3.09. The first-order valence-electron chi connectivity index (χ1n) is 6.92. The fraction of sp³-hybridized carbons (Fsp3) is 0.111. The molecule has 2 aromatic carbocycles. The number of hydrogen-bond acceptors (Lipinski definition) is 4. The summed E-state index contributed by atoms with van der Waals surface area (Å²) in [7, 11) is 1.67. The van der Waals surface area contributed by atoms with E-state index < -0.39 is 0 Å². The lowest BCUT2D eigenvalue weighted by molar-refractivity contribution is 0.112. The monoisotopic (exact) mass is 309 g/mol. The SMILES string of the molecule is COc1ccccc1-c1csc(Cc2ccc(C=O)cc2)n1. The summed E-state index contributed by atoms with van der Waals surface area (Å²) in [6.07, 6.45) is 1.62. The van der Waals surface area contributed by atoms with Gasteiger partial charge >= 0.3 is 0 Å². The van der Waals surface area contributed by atoms with Crippen LogP contribution in [0.25, 0.3) is 11.3 Å². The van der Waals surface area contributed by atoms with Crippen molar-refractivity contribution in [3.05, 3.63) is 70.0 Å². The number of para-hydroxylation sites is 1. The van der Waals surface area contributed by atoms with Crippen LogP contribution in [0, 0.1) is 0 Å².